The van der Waals surface area contributed by atoms with Gasteiger partial charge < -0.3 is 18.9 Å². The Bertz CT molecular complexity index is 918. The molecule has 1 aliphatic heterocycles. The third-order valence-electron chi connectivity index (χ3n) is 5.42. The molecule has 3 rings (SSSR count). The van der Waals surface area contributed by atoms with Gasteiger partial charge in [0.05, 0.1) is 31.6 Å². The number of halogens is 1. The highest BCUT2D eigenvalue weighted by Crippen LogP contribution is 2.36. The van der Waals surface area contributed by atoms with E-state index in [0.717, 1.165) is 25.9 Å². The highest BCUT2D eigenvalue weighted by molar-refractivity contribution is 7.20. The molecule has 0 amide bonds. The largest absolute Gasteiger partial charge is 0.496 e. The van der Waals surface area contributed by atoms with Crippen LogP contribution in [0.1, 0.15) is 54.3 Å². The van der Waals surface area contributed by atoms with E-state index in [-0.39, 0.29) is 24.3 Å². The smallest absolute Gasteiger partial charge is 0.308 e. The zero-order valence-electron chi connectivity index (χ0n) is 18.2. The highest BCUT2D eigenvalue weighted by atomic mass is 32.1. The van der Waals surface area contributed by atoms with Gasteiger partial charge in [-0.05, 0) is 44.2 Å². The first-order chi connectivity index (χ1) is 14.9. The third-order valence-corrected chi connectivity index (χ3v) is 6.55. The van der Waals surface area contributed by atoms with Gasteiger partial charge in [-0.25, -0.2) is 4.39 Å². The molecule has 1 aliphatic rings. The summed E-state index contributed by atoms with van der Waals surface area (Å²) in [5, 5.41) is 0.395. The summed E-state index contributed by atoms with van der Waals surface area (Å²) in [6, 6.07) is 3.33. The van der Waals surface area contributed by atoms with Crippen molar-refractivity contribution in [2.75, 3.05) is 27.4 Å². The van der Waals surface area contributed by atoms with Crippen LogP contribution in [-0.4, -0.2) is 45.5 Å². The summed E-state index contributed by atoms with van der Waals surface area (Å²) in [6.45, 7) is 2.84. The van der Waals surface area contributed by atoms with Gasteiger partial charge in [0.1, 0.15) is 11.6 Å². The Balaban J connectivity index is 1.71. The van der Waals surface area contributed by atoms with E-state index < -0.39 is 11.9 Å². The van der Waals surface area contributed by atoms with Crippen molar-refractivity contribution in [2.24, 2.45) is 5.92 Å². The molecule has 1 aromatic carbocycles. The van der Waals surface area contributed by atoms with E-state index in [9.17, 15) is 9.59 Å². The number of rotatable bonds is 10. The zero-order valence-corrected chi connectivity index (χ0v) is 19.0. The fourth-order valence-corrected chi connectivity index (χ4v) is 4.72. The monoisotopic (exact) mass is 452 g/mol. The number of Topliss-reactive ketones (excluding diaryl/α,β-unsaturated/α-hetero) is 1. The number of ether oxygens (including phenoxy) is 4. The lowest BCUT2D eigenvalue weighted by Gasteiger charge is -2.22. The van der Waals surface area contributed by atoms with Crippen molar-refractivity contribution in [3.8, 4) is 5.75 Å². The number of carbonyl (C=O) groups excluding carboxylic acids is 2. The third kappa shape index (κ3) is 5.81. The lowest BCUT2D eigenvalue weighted by Crippen LogP contribution is -2.22. The van der Waals surface area contributed by atoms with Gasteiger partial charge in [0, 0.05) is 28.7 Å². The minimum atomic E-state index is -0.550. The van der Waals surface area contributed by atoms with Crippen molar-refractivity contribution < 1.29 is 32.9 Å². The van der Waals surface area contributed by atoms with Crippen molar-refractivity contribution in [3.05, 3.63) is 28.4 Å². The Morgan fingerprint density at radius 1 is 1.29 bits per heavy atom. The minimum absolute atomic E-state index is 0.0195. The molecule has 0 radical (unpaired) electrons. The molecule has 2 unspecified atom stereocenters. The lowest BCUT2D eigenvalue weighted by molar-refractivity contribution is -0.162. The normalized spacial score (nSPS) is 17.5. The van der Waals surface area contributed by atoms with Gasteiger partial charge in [0.2, 0.25) is 0 Å². The van der Waals surface area contributed by atoms with Gasteiger partial charge >= 0.3 is 5.97 Å². The van der Waals surface area contributed by atoms with Gasteiger partial charge in [-0.2, -0.15) is 0 Å². The van der Waals surface area contributed by atoms with E-state index in [2.05, 4.69) is 4.74 Å². The van der Waals surface area contributed by atoms with Crippen molar-refractivity contribution in [1.82, 2.24) is 0 Å². The molecule has 0 aliphatic carbocycles. The number of ketones is 1. The molecule has 2 heterocycles. The second-order valence-corrected chi connectivity index (χ2v) is 8.80. The number of thiophene rings is 1. The Morgan fingerprint density at radius 2 is 2.10 bits per heavy atom. The van der Waals surface area contributed by atoms with Crippen molar-refractivity contribution in [3.63, 3.8) is 0 Å². The Kier molecular flexibility index (Phi) is 8.40. The number of benzene rings is 1. The summed E-state index contributed by atoms with van der Waals surface area (Å²) < 4.78 is 37.3. The summed E-state index contributed by atoms with van der Waals surface area (Å²) in [7, 11) is 2.80. The molecular weight excluding hydrogens is 423 g/mol. The number of hydrogen-bond donors (Lipinski definition) is 0. The van der Waals surface area contributed by atoms with Gasteiger partial charge in [-0.3, -0.25) is 9.59 Å². The molecule has 0 bridgehead atoms. The van der Waals surface area contributed by atoms with E-state index in [1.165, 1.54) is 25.6 Å². The fraction of sp³-hybridized carbons (Fsp3) is 0.565. The van der Waals surface area contributed by atoms with Crippen LogP contribution < -0.4 is 4.74 Å². The molecule has 1 saturated heterocycles. The van der Waals surface area contributed by atoms with Crippen LogP contribution in [0.25, 0.3) is 10.1 Å². The maximum absolute atomic E-state index is 15.3. The van der Waals surface area contributed by atoms with Crippen LogP contribution in [0.4, 0.5) is 4.39 Å². The average Bonchev–Trinajstić information content (AvgIpc) is 3.22. The van der Waals surface area contributed by atoms with Crippen LogP contribution in [0.2, 0.25) is 0 Å². The van der Waals surface area contributed by atoms with Crippen LogP contribution in [0, 0.1) is 11.7 Å². The summed E-state index contributed by atoms with van der Waals surface area (Å²) in [5.41, 5.74) is 0.475. The molecule has 0 spiro atoms. The van der Waals surface area contributed by atoms with Crippen LogP contribution >= 0.6 is 11.3 Å². The van der Waals surface area contributed by atoms with Gasteiger partial charge in [-0.15, -0.1) is 11.3 Å². The molecule has 8 heteroatoms. The summed E-state index contributed by atoms with van der Waals surface area (Å²) in [5.74, 6) is -1.11. The zero-order chi connectivity index (χ0) is 22.4. The topological polar surface area (TPSA) is 71.1 Å². The van der Waals surface area contributed by atoms with Crippen LogP contribution in [-0.2, 0) is 25.4 Å². The fourth-order valence-electron chi connectivity index (χ4n) is 3.68. The summed E-state index contributed by atoms with van der Waals surface area (Å²) in [4.78, 5) is 24.6. The molecule has 170 valence electrons. The Labute approximate surface area is 185 Å². The van der Waals surface area contributed by atoms with Crippen LogP contribution in [0.15, 0.2) is 12.1 Å². The SMILES string of the molecule is COC(=O)C(C)CC(=O)c1cc2c(F)c(CCCOC3CCCCO3)c(OC)cc2s1. The standard InChI is InChI=1S/C23H29FO6S/c1-14(23(26)28-3)11-17(25)20-12-16-19(31-20)13-18(27-2)15(22(16)24)7-6-10-30-21-8-4-5-9-29-21/h12-14,21H,4-11H2,1-3H3. The first-order valence-electron chi connectivity index (χ1n) is 10.6. The van der Waals surface area contributed by atoms with E-state index >= 15 is 4.39 Å². The minimum Gasteiger partial charge on any atom is -0.496 e. The first-order valence-corrected chi connectivity index (χ1v) is 11.4. The first kappa shape index (κ1) is 23.6. The van der Waals surface area contributed by atoms with Gasteiger partial charge in [0.25, 0.3) is 0 Å². The maximum atomic E-state index is 15.3. The molecule has 1 fully saturated rings. The second kappa shape index (κ2) is 11.0. The van der Waals surface area contributed by atoms with E-state index in [1.54, 1.807) is 19.1 Å². The lowest BCUT2D eigenvalue weighted by atomic mass is 10.0. The number of hydrogen-bond acceptors (Lipinski definition) is 7. The number of methoxy groups -OCH3 is 2. The van der Waals surface area contributed by atoms with Gasteiger partial charge in [-0.1, -0.05) is 6.92 Å². The van der Waals surface area contributed by atoms with Gasteiger partial charge in [0.15, 0.2) is 12.1 Å². The summed E-state index contributed by atoms with van der Waals surface area (Å²) in [6.07, 6.45) is 3.99. The van der Waals surface area contributed by atoms with Crippen molar-refractivity contribution in [1.29, 1.82) is 0 Å². The van der Waals surface area contributed by atoms with E-state index in [1.807, 2.05) is 0 Å². The quantitative estimate of drug-likeness (QED) is 0.290. The Hall–Kier alpha value is -2.03. The second-order valence-electron chi connectivity index (χ2n) is 7.72. The molecule has 31 heavy (non-hydrogen) atoms. The van der Waals surface area contributed by atoms with Crippen molar-refractivity contribution >= 4 is 33.2 Å². The number of carbonyl (C=O) groups is 2. The summed E-state index contributed by atoms with van der Waals surface area (Å²) >= 11 is 1.20. The maximum Gasteiger partial charge on any atom is 0.308 e. The molecule has 2 aromatic rings. The molecular formula is C23H29FO6S. The van der Waals surface area contributed by atoms with E-state index in [4.69, 9.17) is 14.2 Å². The molecule has 0 N–H and O–H groups in total. The number of fused-ring (bicyclic) bond motifs is 1. The molecule has 1 aromatic heterocycles. The number of esters is 1. The van der Waals surface area contributed by atoms with Crippen molar-refractivity contribution in [2.45, 2.75) is 51.7 Å². The average molecular weight is 453 g/mol. The predicted octanol–water partition coefficient (Wildman–Crippen LogP) is 4.91. The van der Waals surface area contributed by atoms with Crippen LogP contribution in [0.3, 0.4) is 0 Å². The van der Waals surface area contributed by atoms with Crippen LogP contribution in [0.5, 0.6) is 5.75 Å². The Morgan fingerprint density at radius 3 is 2.77 bits per heavy atom. The predicted molar refractivity (Wildman–Crippen MR) is 116 cm³/mol. The molecule has 0 saturated carbocycles. The molecule has 6 nitrogen and oxygen atoms in total. The van der Waals surface area contributed by atoms with E-state index in [0.29, 0.717) is 45.7 Å². The molecule has 2 atom stereocenters. The highest BCUT2D eigenvalue weighted by Gasteiger charge is 2.23.